The van der Waals surface area contributed by atoms with Crippen LogP contribution in [0.1, 0.15) is 24.8 Å². The Bertz CT molecular complexity index is 342. The van der Waals surface area contributed by atoms with Crippen LogP contribution in [-0.2, 0) is 6.42 Å². The SMILES string of the molecule is COc1ccc(CCC2(O)CCNCC2)cc1. The summed E-state index contributed by atoms with van der Waals surface area (Å²) in [5.74, 6) is 0.884. The number of hydrogen-bond acceptors (Lipinski definition) is 3. The largest absolute Gasteiger partial charge is 0.497 e. The lowest BCUT2D eigenvalue weighted by atomic mass is 9.86. The quantitative estimate of drug-likeness (QED) is 0.835. The van der Waals surface area contributed by atoms with E-state index in [0.717, 1.165) is 44.5 Å². The van der Waals surface area contributed by atoms with Gasteiger partial charge in [-0.15, -0.1) is 0 Å². The number of nitrogens with one attached hydrogen (secondary N) is 1. The molecule has 1 aliphatic heterocycles. The molecule has 0 atom stereocenters. The van der Waals surface area contributed by atoms with E-state index < -0.39 is 5.60 Å². The molecule has 1 aliphatic rings. The van der Waals surface area contributed by atoms with Crippen LogP contribution in [0.3, 0.4) is 0 Å². The highest BCUT2D eigenvalue weighted by atomic mass is 16.5. The van der Waals surface area contributed by atoms with Crippen LogP contribution in [0, 0.1) is 0 Å². The Labute approximate surface area is 103 Å². The Kier molecular flexibility index (Phi) is 4.02. The third kappa shape index (κ3) is 3.45. The molecule has 94 valence electrons. The average Bonchev–Trinajstić information content (AvgIpc) is 2.38. The fraction of sp³-hybridized carbons (Fsp3) is 0.571. The molecule has 0 aromatic heterocycles. The highest BCUT2D eigenvalue weighted by Gasteiger charge is 2.28. The summed E-state index contributed by atoms with van der Waals surface area (Å²) < 4.78 is 5.13. The summed E-state index contributed by atoms with van der Waals surface area (Å²) in [6.45, 7) is 1.86. The van der Waals surface area contributed by atoms with Crippen LogP contribution in [0.25, 0.3) is 0 Å². The van der Waals surface area contributed by atoms with E-state index in [-0.39, 0.29) is 0 Å². The van der Waals surface area contributed by atoms with E-state index in [9.17, 15) is 5.11 Å². The number of methoxy groups -OCH3 is 1. The van der Waals surface area contributed by atoms with Gasteiger partial charge in [-0.25, -0.2) is 0 Å². The predicted octanol–water partition coefficient (Wildman–Crippen LogP) is 1.74. The number of aliphatic hydroxyl groups is 1. The topological polar surface area (TPSA) is 41.5 Å². The summed E-state index contributed by atoms with van der Waals surface area (Å²) in [4.78, 5) is 0. The molecule has 1 aromatic rings. The van der Waals surface area contributed by atoms with Crippen molar-refractivity contribution in [3.8, 4) is 5.75 Å². The normalized spacial score (nSPS) is 18.9. The number of hydrogen-bond donors (Lipinski definition) is 2. The molecule has 1 aromatic carbocycles. The lowest BCUT2D eigenvalue weighted by Gasteiger charge is -2.32. The molecule has 17 heavy (non-hydrogen) atoms. The number of ether oxygens (including phenoxy) is 1. The maximum Gasteiger partial charge on any atom is 0.118 e. The van der Waals surface area contributed by atoms with Crippen molar-refractivity contribution in [1.29, 1.82) is 0 Å². The zero-order valence-corrected chi connectivity index (χ0v) is 10.4. The van der Waals surface area contributed by atoms with E-state index in [2.05, 4.69) is 17.4 Å². The second-order valence-corrected chi connectivity index (χ2v) is 4.82. The first-order valence-electron chi connectivity index (χ1n) is 6.28. The lowest BCUT2D eigenvalue weighted by molar-refractivity contribution is 0.00281. The molecule has 0 saturated carbocycles. The highest BCUT2D eigenvalue weighted by Crippen LogP contribution is 2.24. The molecule has 1 fully saturated rings. The van der Waals surface area contributed by atoms with Crippen molar-refractivity contribution in [2.24, 2.45) is 0 Å². The van der Waals surface area contributed by atoms with Gasteiger partial charge < -0.3 is 15.2 Å². The Hall–Kier alpha value is -1.06. The summed E-state index contributed by atoms with van der Waals surface area (Å²) in [6.07, 6.45) is 3.51. The van der Waals surface area contributed by atoms with Gasteiger partial charge in [0.15, 0.2) is 0 Å². The van der Waals surface area contributed by atoms with E-state index >= 15 is 0 Å². The second kappa shape index (κ2) is 5.52. The van der Waals surface area contributed by atoms with Crippen LogP contribution in [0.2, 0.25) is 0 Å². The van der Waals surface area contributed by atoms with Gasteiger partial charge in [-0.1, -0.05) is 12.1 Å². The highest BCUT2D eigenvalue weighted by molar-refractivity contribution is 5.27. The van der Waals surface area contributed by atoms with E-state index in [4.69, 9.17) is 4.74 Å². The molecular weight excluding hydrogens is 214 g/mol. The van der Waals surface area contributed by atoms with Gasteiger partial charge in [-0.3, -0.25) is 0 Å². The summed E-state index contributed by atoms with van der Waals surface area (Å²) in [5.41, 5.74) is 0.795. The standard InChI is InChI=1S/C14H21NO2/c1-17-13-4-2-12(3-5-13)6-7-14(16)8-10-15-11-9-14/h2-5,15-16H,6-11H2,1H3. The van der Waals surface area contributed by atoms with Gasteiger partial charge in [0.1, 0.15) is 5.75 Å². The van der Waals surface area contributed by atoms with Crippen molar-refractivity contribution in [3.05, 3.63) is 29.8 Å². The average molecular weight is 235 g/mol. The van der Waals surface area contributed by atoms with Crippen LogP contribution < -0.4 is 10.1 Å². The van der Waals surface area contributed by atoms with Gasteiger partial charge >= 0.3 is 0 Å². The van der Waals surface area contributed by atoms with Crippen LogP contribution in [0.15, 0.2) is 24.3 Å². The summed E-state index contributed by atoms with van der Waals surface area (Å²) in [5, 5.41) is 13.6. The molecule has 0 spiro atoms. The number of piperidine rings is 1. The van der Waals surface area contributed by atoms with E-state index in [1.165, 1.54) is 5.56 Å². The summed E-state index contributed by atoms with van der Waals surface area (Å²) in [7, 11) is 1.67. The van der Waals surface area contributed by atoms with E-state index in [0.29, 0.717) is 0 Å². The molecule has 3 heteroatoms. The van der Waals surface area contributed by atoms with Crippen molar-refractivity contribution in [1.82, 2.24) is 5.32 Å². The van der Waals surface area contributed by atoms with Gasteiger partial charge in [0.05, 0.1) is 12.7 Å². The van der Waals surface area contributed by atoms with E-state index in [1.54, 1.807) is 7.11 Å². The number of aryl methyl sites for hydroxylation is 1. The van der Waals surface area contributed by atoms with Gasteiger partial charge in [-0.2, -0.15) is 0 Å². The predicted molar refractivity (Wildman–Crippen MR) is 68.4 cm³/mol. The molecular formula is C14H21NO2. The minimum absolute atomic E-state index is 0.467. The Balaban J connectivity index is 1.87. The molecule has 0 radical (unpaired) electrons. The Morgan fingerprint density at radius 2 is 1.88 bits per heavy atom. The minimum Gasteiger partial charge on any atom is -0.497 e. The molecule has 3 nitrogen and oxygen atoms in total. The second-order valence-electron chi connectivity index (χ2n) is 4.82. The maximum atomic E-state index is 10.4. The third-order valence-corrected chi connectivity index (χ3v) is 3.57. The first-order chi connectivity index (χ1) is 8.22. The van der Waals surface area contributed by atoms with Crippen molar-refractivity contribution < 1.29 is 9.84 Å². The van der Waals surface area contributed by atoms with E-state index in [1.807, 2.05) is 12.1 Å². The Morgan fingerprint density at radius 3 is 2.47 bits per heavy atom. The zero-order chi connectivity index (χ0) is 12.1. The number of benzene rings is 1. The zero-order valence-electron chi connectivity index (χ0n) is 10.4. The van der Waals surface area contributed by atoms with Crippen LogP contribution >= 0.6 is 0 Å². The summed E-state index contributed by atoms with van der Waals surface area (Å²) in [6, 6.07) is 8.09. The van der Waals surface area contributed by atoms with Gasteiger partial charge in [0, 0.05) is 0 Å². The van der Waals surface area contributed by atoms with Crippen molar-refractivity contribution in [3.63, 3.8) is 0 Å². The van der Waals surface area contributed by atoms with Crippen molar-refractivity contribution >= 4 is 0 Å². The Morgan fingerprint density at radius 1 is 1.24 bits per heavy atom. The molecule has 1 heterocycles. The van der Waals surface area contributed by atoms with Gasteiger partial charge in [0.2, 0.25) is 0 Å². The van der Waals surface area contributed by atoms with Gasteiger partial charge in [0.25, 0.3) is 0 Å². The molecule has 2 N–H and O–H groups in total. The van der Waals surface area contributed by atoms with Gasteiger partial charge in [-0.05, 0) is 56.5 Å². The molecule has 0 unspecified atom stereocenters. The molecule has 0 bridgehead atoms. The summed E-state index contributed by atoms with van der Waals surface area (Å²) >= 11 is 0. The lowest BCUT2D eigenvalue weighted by Crippen LogP contribution is -2.42. The van der Waals surface area contributed by atoms with Crippen LogP contribution in [0.4, 0.5) is 0 Å². The maximum absolute atomic E-state index is 10.4. The van der Waals surface area contributed by atoms with Crippen LogP contribution in [0.5, 0.6) is 5.75 Å². The smallest absolute Gasteiger partial charge is 0.118 e. The first kappa shape index (κ1) is 12.4. The fourth-order valence-electron chi connectivity index (χ4n) is 2.31. The molecule has 0 aliphatic carbocycles. The monoisotopic (exact) mass is 235 g/mol. The molecule has 1 saturated heterocycles. The van der Waals surface area contributed by atoms with Crippen LogP contribution in [-0.4, -0.2) is 30.9 Å². The number of rotatable bonds is 4. The van der Waals surface area contributed by atoms with Crippen molar-refractivity contribution in [2.45, 2.75) is 31.3 Å². The third-order valence-electron chi connectivity index (χ3n) is 3.57. The van der Waals surface area contributed by atoms with Crippen molar-refractivity contribution in [2.75, 3.05) is 20.2 Å². The fourth-order valence-corrected chi connectivity index (χ4v) is 2.31. The molecule has 0 amide bonds. The minimum atomic E-state index is -0.467. The molecule has 2 rings (SSSR count). The first-order valence-corrected chi connectivity index (χ1v) is 6.28.